The highest BCUT2D eigenvalue weighted by Crippen LogP contribution is 2.40. The number of hydrogen-bond acceptors (Lipinski definition) is 9. The Labute approximate surface area is 217 Å². The van der Waals surface area contributed by atoms with Crippen molar-refractivity contribution in [3.8, 4) is 23.0 Å². The minimum atomic E-state index is -0.859. The summed E-state index contributed by atoms with van der Waals surface area (Å²) >= 11 is 0. The second-order valence-electron chi connectivity index (χ2n) is 8.73. The van der Waals surface area contributed by atoms with Gasteiger partial charge in [-0.15, -0.1) is 0 Å². The molecule has 0 amide bonds. The van der Waals surface area contributed by atoms with Gasteiger partial charge in [0.15, 0.2) is 34.5 Å². The Bertz CT molecular complexity index is 1010. The zero-order valence-electron chi connectivity index (χ0n) is 21.3. The Morgan fingerprint density at radius 3 is 1.86 bits per heavy atom. The summed E-state index contributed by atoms with van der Waals surface area (Å²) in [4.78, 5) is 0. The summed E-state index contributed by atoms with van der Waals surface area (Å²) in [6.45, 7) is 5.17. The minimum absolute atomic E-state index is 0.0336. The van der Waals surface area contributed by atoms with Crippen LogP contribution in [0.2, 0.25) is 0 Å². The molecule has 2 aliphatic heterocycles. The fourth-order valence-electron chi connectivity index (χ4n) is 4.05. The quantitative estimate of drug-likeness (QED) is 0.655. The first-order chi connectivity index (χ1) is 18.2. The maximum atomic E-state index is 9.53. The summed E-state index contributed by atoms with van der Waals surface area (Å²) < 4.78 is 47.8. The molecular weight excluding hydrogens is 480 g/mol. The maximum absolute atomic E-state index is 9.53. The summed E-state index contributed by atoms with van der Waals surface area (Å²) in [6.07, 6.45) is 1.06. The van der Waals surface area contributed by atoms with Gasteiger partial charge in [0.2, 0.25) is 0 Å². The molecule has 0 saturated carbocycles. The molecule has 9 nitrogen and oxygen atoms in total. The van der Waals surface area contributed by atoms with Gasteiger partial charge in [0.1, 0.15) is 25.4 Å². The standard InChI is InChI=1S/C28H36O9/c1-28(11-6-12-29)27-26(36-24-9-4-5-10-25(24)37-27)21-32-14-13-30-15-18-33-22-7-2-3-8-23(22)34-19-16-31-17-20-35-28/h2-5,7-10,29H,6,11-21H2,1H3. The first-order valence-corrected chi connectivity index (χ1v) is 12.7. The number of benzene rings is 2. The van der Waals surface area contributed by atoms with Crippen molar-refractivity contribution in [3.05, 3.63) is 60.0 Å². The number of fused-ring (bicyclic) bond motifs is 2. The molecule has 0 saturated heterocycles. The fourth-order valence-corrected chi connectivity index (χ4v) is 4.05. The normalized spacial score (nSPS) is 22.1. The van der Waals surface area contributed by atoms with E-state index in [0.717, 1.165) is 0 Å². The predicted octanol–water partition coefficient (Wildman–Crippen LogP) is 3.74. The predicted molar refractivity (Wildman–Crippen MR) is 135 cm³/mol. The van der Waals surface area contributed by atoms with E-state index in [-0.39, 0.29) is 13.2 Å². The maximum Gasteiger partial charge on any atom is 0.176 e. The lowest BCUT2D eigenvalue weighted by Gasteiger charge is -2.36. The van der Waals surface area contributed by atoms with Crippen LogP contribution in [0.4, 0.5) is 0 Å². The molecule has 1 N–H and O–H groups in total. The third-order valence-corrected chi connectivity index (χ3v) is 5.91. The average Bonchev–Trinajstić information content (AvgIpc) is 2.92. The van der Waals surface area contributed by atoms with E-state index in [2.05, 4.69) is 0 Å². The molecule has 4 rings (SSSR count). The van der Waals surface area contributed by atoms with E-state index in [1.165, 1.54) is 0 Å². The largest absolute Gasteiger partial charge is 0.487 e. The third kappa shape index (κ3) is 7.83. The van der Waals surface area contributed by atoms with Crippen LogP contribution in [0.3, 0.4) is 0 Å². The lowest BCUT2D eigenvalue weighted by Crippen LogP contribution is -2.39. The molecule has 0 aliphatic carbocycles. The molecule has 0 fully saturated rings. The first-order valence-electron chi connectivity index (χ1n) is 12.7. The summed E-state index contributed by atoms with van der Waals surface area (Å²) in [5, 5.41) is 9.53. The first kappa shape index (κ1) is 27.2. The fraction of sp³-hybridized carbons (Fsp3) is 0.500. The van der Waals surface area contributed by atoms with Crippen molar-refractivity contribution in [2.75, 3.05) is 66.1 Å². The van der Waals surface area contributed by atoms with Crippen molar-refractivity contribution in [1.29, 1.82) is 0 Å². The van der Waals surface area contributed by atoms with Crippen LogP contribution >= 0.6 is 0 Å². The number of aliphatic hydroxyl groups is 1. The average molecular weight is 517 g/mol. The zero-order valence-corrected chi connectivity index (χ0v) is 21.3. The smallest absolute Gasteiger partial charge is 0.176 e. The second-order valence-corrected chi connectivity index (χ2v) is 8.73. The van der Waals surface area contributed by atoms with Gasteiger partial charge in [-0.25, -0.2) is 0 Å². The van der Waals surface area contributed by atoms with Gasteiger partial charge >= 0.3 is 0 Å². The highest BCUT2D eigenvalue weighted by Gasteiger charge is 2.38. The SMILES string of the molecule is CC1(CCCO)OCCOCCOc2ccccc2OCCOCCOCC2=C1Oc1ccccc1O2. The van der Waals surface area contributed by atoms with E-state index in [1.807, 2.05) is 55.5 Å². The topological polar surface area (TPSA) is 94.1 Å². The Hall–Kier alpha value is -2.82. The van der Waals surface area contributed by atoms with Crippen LogP contribution in [-0.4, -0.2) is 76.8 Å². The molecule has 2 heterocycles. The molecule has 0 bridgehead atoms. The Morgan fingerprint density at radius 2 is 1.22 bits per heavy atom. The van der Waals surface area contributed by atoms with Crippen molar-refractivity contribution in [2.45, 2.75) is 25.4 Å². The third-order valence-electron chi connectivity index (χ3n) is 5.91. The number of hydrogen-bond donors (Lipinski definition) is 1. The van der Waals surface area contributed by atoms with Gasteiger partial charge in [-0.2, -0.15) is 0 Å². The van der Waals surface area contributed by atoms with Crippen LogP contribution in [0.1, 0.15) is 19.8 Å². The molecule has 9 heteroatoms. The van der Waals surface area contributed by atoms with Crippen molar-refractivity contribution >= 4 is 0 Å². The highest BCUT2D eigenvalue weighted by molar-refractivity contribution is 5.45. The van der Waals surface area contributed by atoms with Gasteiger partial charge in [0, 0.05) is 6.61 Å². The number of aliphatic hydroxyl groups excluding tert-OH is 1. The summed E-state index contributed by atoms with van der Waals surface area (Å²) in [7, 11) is 0. The van der Waals surface area contributed by atoms with Crippen molar-refractivity contribution in [2.24, 2.45) is 0 Å². The molecule has 202 valence electrons. The Kier molecular flexibility index (Phi) is 10.5. The van der Waals surface area contributed by atoms with Crippen molar-refractivity contribution < 1.29 is 43.0 Å². The molecule has 37 heavy (non-hydrogen) atoms. The van der Waals surface area contributed by atoms with E-state index in [0.29, 0.717) is 100 Å². The van der Waals surface area contributed by atoms with E-state index in [1.54, 1.807) is 0 Å². The zero-order chi connectivity index (χ0) is 25.8. The number of ether oxygens (including phenoxy) is 8. The van der Waals surface area contributed by atoms with E-state index in [4.69, 9.17) is 37.9 Å². The summed E-state index contributed by atoms with van der Waals surface area (Å²) in [5.41, 5.74) is -0.859. The number of para-hydroxylation sites is 4. The van der Waals surface area contributed by atoms with Crippen LogP contribution in [0.25, 0.3) is 0 Å². The molecule has 2 aliphatic rings. The monoisotopic (exact) mass is 516 g/mol. The highest BCUT2D eigenvalue weighted by atomic mass is 16.6. The second kappa shape index (κ2) is 14.2. The van der Waals surface area contributed by atoms with Gasteiger partial charge in [-0.1, -0.05) is 24.3 Å². The summed E-state index contributed by atoms with van der Waals surface area (Å²) in [6, 6.07) is 15.0. The summed E-state index contributed by atoms with van der Waals surface area (Å²) in [5.74, 6) is 3.60. The molecule has 0 radical (unpaired) electrons. The molecule has 2 aromatic carbocycles. The van der Waals surface area contributed by atoms with E-state index in [9.17, 15) is 5.11 Å². The lowest BCUT2D eigenvalue weighted by molar-refractivity contribution is -0.0666. The van der Waals surface area contributed by atoms with Crippen LogP contribution in [-0.2, 0) is 18.9 Å². The molecule has 1 unspecified atom stereocenters. The van der Waals surface area contributed by atoms with Crippen LogP contribution in [0.5, 0.6) is 23.0 Å². The molecule has 1 atom stereocenters. The van der Waals surface area contributed by atoms with E-state index >= 15 is 0 Å². The van der Waals surface area contributed by atoms with Gasteiger partial charge in [-0.3, -0.25) is 0 Å². The molecule has 2 aromatic rings. The van der Waals surface area contributed by atoms with Crippen molar-refractivity contribution in [3.63, 3.8) is 0 Å². The Balaban J connectivity index is 1.47. The van der Waals surface area contributed by atoms with Crippen LogP contribution < -0.4 is 18.9 Å². The lowest BCUT2D eigenvalue weighted by atomic mass is 9.95. The van der Waals surface area contributed by atoms with Gasteiger partial charge in [-0.05, 0) is 44.0 Å². The number of rotatable bonds is 3. The van der Waals surface area contributed by atoms with Crippen molar-refractivity contribution in [1.82, 2.24) is 0 Å². The van der Waals surface area contributed by atoms with Gasteiger partial charge in [0.25, 0.3) is 0 Å². The van der Waals surface area contributed by atoms with Crippen LogP contribution in [0, 0.1) is 0 Å². The molecular formula is C28H36O9. The Morgan fingerprint density at radius 1 is 0.676 bits per heavy atom. The van der Waals surface area contributed by atoms with Gasteiger partial charge < -0.3 is 43.0 Å². The van der Waals surface area contributed by atoms with Gasteiger partial charge in [0.05, 0.1) is 39.6 Å². The van der Waals surface area contributed by atoms with Crippen LogP contribution in [0.15, 0.2) is 60.0 Å². The van der Waals surface area contributed by atoms with E-state index < -0.39 is 5.60 Å². The molecule has 0 aromatic heterocycles. The minimum Gasteiger partial charge on any atom is -0.487 e. The molecule has 0 spiro atoms.